The summed E-state index contributed by atoms with van der Waals surface area (Å²) < 4.78 is 1.05. The van der Waals surface area contributed by atoms with Crippen LogP contribution in [-0.4, -0.2) is 9.97 Å². The molecular weight excluding hydrogens is 343 g/mol. The van der Waals surface area contributed by atoms with Gasteiger partial charge in [0.25, 0.3) is 0 Å². The maximum absolute atomic E-state index is 5.81. The van der Waals surface area contributed by atoms with Gasteiger partial charge in [0, 0.05) is 15.4 Å². The molecule has 0 saturated heterocycles. The molecule has 0 fully saturated rings. The van der Waals surface area contributed by atoms with Crippen molar-refractivity contribution in [2.45, 2.75) is 10.6 Å². The molecule has 0 spiro atoms. The van der Waals surface area contributed by atoms with Crippen LogP contribution >= 0.6 is 50.9 Å². The summed E-state index contributed by atoms with van der Waals surface area (Å²) in [5, 5.41) is 0.737. The summed E-state index contributed by atoms with van der Waals surface area (Å²) in [5.74, 6) is 1.26. The van der Waals surface area contributed by atoms with Gasteiger partial charge < -0.3 is 0 Å². The van der Waals surface area contributed by atoms with Crippen molar-refractivity contribution in [1.82, 2.24) is 9.97 Å². The first kappa shape index (κ1) is 13.1. The van der Waals surface area contributed by atoms with Crippen LogP contribution in [0.25, 0.3) is 0 Å². The molecule has 1 heterocycles. The summed E-state index contributed by atoms with van der Waals surface area (Å²) in [4.78, 5) is 9.36. The smallest absolute Gasteiger partial charge is 0.142 e. The molecule has 0 aliphatic rings. The lowest BCUT2D eigenvalue weighted by atomic mass is 10.4. The number of benzene rings is 1. The maximum Gasteiger partial charge on any atom is 0.142 e. The number of rotatable bonds is 3. The SMILES string of the molecule is Clc1cc(Cl)nc(CSc2ccccc2Br)n1. The van der Waals surface area contributed by atoms with E-state index in [4.69, 9.17) is 23.2 Å². The minimum absolute atomic E-state index is 0.368. The van der Waals surface area contributed by atoms with Gasteiger partial charge in [-0.05, 0) is 28.1 Å². The summed E-state index contributed by atoms with van der Waals surface area (Å²) in [6.45, 7) is 0. The molecule has 1 aromatic carbocycles. The molecule has 0 aliphatic heterocycles. The Morgan fingerprint density at radius 1 is 1.12 bits per heavy atom. The maximum atomic E-state index is 5.81. The molecule has 6 heteroatoms. The Hall–Kier alpha value is -0.290. The topological polar surface area (TPSA) is 25.8 Å². The van der Waals surface area contributed by atoms with Crippen LogP contribution in [0.15, 0.2) is 39.7 Å². The minimum atomic E-state index is 0.368. The third-order valence-corrected chi connectivity index (χ3v) is 4.31. The Bertz CT molecular complexity index is 516. The lowest BCUT2D eigenvalue weighted by Gasteiger charge is -2.03. The Kier molecular flexibility index (Phi) is 4.68. The van der Waals surface area contributed by atoms with Crippen LogP contribution in [0.5, 0.6) is 0 Å². The molecule has 0 bridgehead atoms. The van der Waals surface area contributed by atoms with Crippen LogP contribution in [0.3, 0.4) is 0 Å². The van der Waals surface area contributed by atoms with Gasteiger partial charge in [-0.25, -0.2) is 9.97 Å². The van der Waals surface area contributed by atoms with Crippen LogP contribution in [-0.2, 0) is 5.75 Å². The molecule has 0 aliphatic carbocycles. The van der Waals surface area contributed by atoms with Crippen molar-refractivity contribution in [3.05, 3.63) is 50.9 Å². The highest BCUT2D eigenvalue weighted by atomic mass is 79.9. The monoisotopic (exact) mass is 348 g/mol. The fourth-order valence-corrected chi connectivity index (χ4v) is 3.08. The van der Waals surface area contributed by atoms with Crippen molar-refractivity contribution in [3.8, 4) is 0 Å². The Morgan fingerprint density at radius 2 is 1.76 bits per heavy atom. The first-order valence-corrected chi connectivity index (χ1v) is 7.25. The molecule has 17 heavy (non-hydrogen) atoms. The normalized spacial score (nSPS) is 10.5. The molecule has 0 amide bonds. The molecule has 0 radical (unpaired) electrons. The summed E-state index contributed by atoms with van der Waals surface area (Å²) in [7, 11) is 0. The predicted molar refractivity (Wildman–Crippen MR) is 75.8 cm³/mol. The zero-order valence-corrected chi connectivity index (χ0v) is 12.4. The number of aromatic nitrogens is 2. The van der Waals surface area contributed by atoms with E-state index < -0.39 is 0 Å². The van der Waals surface area contributed by atoms with Gasteiger partial charge in [-0.1, -0.05) is 35.3 Å². The van der Waals surface area contributed by atoms with Gasteiger partial charge in [0.05, 0.1) is 5.75 Å². The lowest BCUT2D eigenvalue weighted by Crippen LogP contribution is -1.93. The largest absolute Gasteiger partial charge is 0.220 e. The second-order valence-corrected chi connectivity index (χ2v) is 5.79. The van der Waals surface area contributed by atoms with E-state index in [1.54, 1.807) is 11.8 Å². The van der Waals surface area contributed by atoms with Crippen molar-refractivity contribution < 1.29 is 0 Å². The van der Waals surface area contributed by atoms with E-state index in [1.165, 1.54) is 6.07 Å². The third-order valence-electron chi connectivity index (χ3n) is 1.90. The van der Waals surface area contributed by atoms with Gasteiger partial charge in [0.15, 0.2) is 0 Å². The second kappa shape index (κ2) is 6.05. The van der Waals surface area contributed by atoms with Crippen molar-refractivity contribution >= 4 is 50.9 Å². The zero-order chi connectivity index (χ0) is 12.3. The Labute approximate surface area is 122 Å². The average Bonchev–Trinajstić information content (AvgIpc) is 2.27. The van der Waals surface area contributed by atoms with Crippen molar-refractivity contribution in [3.63, 3.8) is 0 Å². The molecule has 88 valence electrons. The van der Waals surface area contributed by atoms with Gasteiger partial charge >= 0.3 is 0 Å². The van der Waals surface area contributed by atoms with Crippen LogP contribution in [0.2, 0.25) is 10.3 Å². The van der Waals surface area contributed by atoms with E-state index in [-0.39, 0.29) is 0 Å². The van der Waals surface area contributed by atoms with E-state index in [1.807, 2.05) is 24.3 Å². The number of hydrogen-bond donors (Lipinski definition) is 0. The number of hydrogen-bond acceptors (Lipinski definition) is 3. The van der Waals surface area contributed by atoms with Crippen molar-refractivity contribution in [1.29, 1.82) is 0 Å². The first-order chi connectivity index (χ1) is 8.15. The van der Waals surface area contributed by atoms with Crippen LogP contribution < -0.4 is 0 Å². The highest BCUT2D eigenvalue weighted by Crippen LogP contribution is 2.29. The first-order valence-electron chi connectivity index (χ1n) is 4.71. The standard InChI is InChI=1S/C11H7BrCl2N2S/c12-7-3-1-2-4-8(7)17-6-11-15-9(13)5-10(14)16-11/h1-5H,6H2. The minimum Gasteiger partial charge on any atom is -0.220 e. The molecule has 2 rings (SSSR count). The summed E-state index contributed by atoms with van der Waals surface area (Å²) in [6, 6.07) is 9.50. The fraction of sp³-hybridized carbons (Fsp3) is 0.0909. The van der Waals surface area contributed by atoms with E-state index in [0.717, 1.165) is 9.37 Å². The quantitative estimate of drug-likeness (QED) is 0.585. The molecular formula is C11H7BrCl2N2S. The summed E-state index contributed by atoms with van der Waals surface area (Å²) in [5.41, 5.74) is 0. The Balaban J connectivity index is 2.10. The summed E-state index contributed by atoms with van der Waals surface area (Å²) >= 11 is 16.7. The fourth-order valence-electron chi connectivity index (χ4n) is 1.20. The number of nitrogens with zero attached hydrogens (tertiary/aromatic N) is 2. The van der Waals surface area contributed by atoms with E-state index >= 15 is 0 Å². The third kappa shape index (κ3) is 3.85. The summed E-state index contributed by atoms with van der Waals surface area (Å²) in [6.07, 6.45) is 0. The zero-order valence-electron chi connectivity index (χ0n) is 8.53. The molecule has 0 saturated carbocycles. The van der Waals surface area contributed by atoms with Gasteiger partial charge in [0.2, 0.25) is 0 Å². The van der Waals surface area contributed by atoms with Crippen LogP contribution in [0.4, 0.5) is 0 Å². The molecule has 0 atom stereocenters. The van der Waals surface area contributed by atoms with Crippen LogP contribution in [0.1, 0.15) is 5.82 Å². The van der Waals surface area contributed by atoms with Crippen molar-refractivity contribution in [2.75, 3.05) is 0 Å². The molecule has 1 aromatic heterocycles. The average molecular weight is 350 g/mol. The highest BCUT2D eigenvalue weighted by Gasteiger charge is 2.04. The van der Waals surface area contributed by atoms with Gasteiger partial charge in [0.1, 0.15) is 16.1 Å². The number of halogens is 3. The Morgan fingerprint density at radius 3 is 2.41 bits per heavy atom. The highest BCUT2D eigenvalue weighted by molar-refractivity contribution is 9.10. The van der Waals surface area contributed by atoms with Gasteiger partial charge in [-0.15, -0.1) is 11.8 Å². The van der Waals surface area contributed by atoms with E-state index in [0.29, 0.717) is 21.9 Å². The molecule has 0 unspecified atom stereocenters. The van der Waals surface area contributed by atoms with E-state index in [2.05, 4.69) is 25.9 Å². The second-order valence-electron chi connectivity index (χ2n) is 3.15. The predicted octanol–water partition coefficient (Wildman–Crippen LogP) is 4.84. The molecule has 2 nitrogen and oxygen atoms in total. The van der Waals surface area contributed by atoms with Crippen molar-refractivity contribution in [2.24, 2.45) is 0 Å². The molecule has 0 N–H and O–H groups in total. The van der Waals surface area contributed by atoms with E-state index in [9.17, 15) is 0 Å². The van der Waals surface area contributed by atoms with Gasteiger partial charge in [-0.2, -0.15) is 0 Å². The number of thioether (sulfide) groups is 1. The van der Waals surface area contributed by atoms with Crippen LogP contribution in [0, 0.1) is 0 Å². The lowest BCUT2D eigenvalue weighted by molar-refractivity contribution is 1.03. The van der Waals surface area contributed by atoms with Gasteiger partial charge in [-0.3, -0.25) is 0 Å². The molecule has 2 aromatic rings.